The monoisotopic (exact) mass is 272 g/mol. The van der Waals surface area contributed by atoms with E-state index in [-0.39, 0.29) is 0 Å². The minimum Gasteiger partial charge on any atom is -0.316 e. The molecule has 0 amide bonds. The lowest BCUT2D eigenvalue weighted by Gasteiger charge is -2.01. The number of fused-ring (bicyclic) bond motifs is 1. The van der Waals surface area contributed by atoms with Gasteiger partial charge in [-0.05, 0) is 33.0 Å². The van der Waals surface area contributed by atoms with Crippen LogP contribution in [0.4, 0.5) is 0 Å². The molecule has 3 rings (SSSR count). The Morgan fingerprint density at radius 2 is 2.05 bits per heavy atom. The predicted molar refractivity (Wildman–Crippen MR) is 79.0 cm³/mol. The van der Waals surface area contributed by atoms with Crippen LogP contribution in [0.1, 0.15) is 17.0 Å². The average molecular weight is 272 g/mol. The Labute approximate surface area is 116 Å². The highest BCUT2D eigenvalue weighted by atomic mass is 32.1. The molecule has 0 spiro atoms. The smallest absolute Gasteiger partial charge is 0.211 e. The molecular weight excluding hydrogens is 256 g/mol. The van der Waals surface area contributed by atoms with Crippen molar-refractivity contribution in [1.29, 1.82) is 0 Å². The molecule has 0 saturated heterocycles. The Bertz CT molecular complexity index is 693. The number of rotatable bonds is 3. The van der Waals surface area contributed by atoms with E-state index in [4.69, 9.17) is 0 Å². The number of aryl methyl sites for hydroxylation is 1. The van der Waals surface area contributed by atoms with Gasteiger partial charge in [0.05, 0.1) is 15.9 Å². The third kappa shape index (κ3) is 2.05. The van der Waals surface area contributed by atoms with Gasteiger partial charge < -0.3 is 5.32 Å². The molecular formula is C14H16N4S. The van der Waals surface area contributed by atoms with Gasteiger partial charge in [-0.25, -0.2) is 9.67 Å². The zero-order chi connectivity index (χ0) is 13.4. The quantitative estimate of drug-likeness (QED) is 0.797. The van der Waals surface area contributed by atoms with E-state index in [9.17, 15) is 0 Å². The van der Waals surface area contributed by atoms with Gasteiger partial charge in [-0.1, -0.05) is 23.5 Å². The fraction of sp³-hybridized carbons (Fsp3) is 0.286. The molecule has 3 aromatic rings. The maximum Gasteiger partial charge on any atom is 0.211 e. The number of nitrogens with zero attached hydrogens (tertiary/aromatic N) is 3. The summed E-state index contributed by atoms with van der Waals surface area (Å²) < 4.78 is 3.15. The highest BCUT2D eigenvalue weighted by molar-refractivity contribution is 7.20. The van der Waals surface area contributed by atoms with Crippen LogP contribution in [-0.2, 0) is 6.54 Å². The minimum absolute atomic E-state index is 0.836. The molecule has 4 nitrogen and oxygen atoms in total. The summed E-state index contributed by atoms with van der Waals surface area (Å²) in [6.07, 6.45) is 0. The lowest BCUT2D eigenvalue weighted by molar-refractivity contribution is 0.800. The van der Waals surface area contributed by atoms with Crippen LogP contribution in [0.5, 0.6) is 0 Å². The van der Waals surface area contributed by atoms with Crippen molar-refractivity contribution in [3.05, 3.63) is 41.2 Å². The first-order chi connectivity index (χ1) is 9.20. The Balaban J connectivity index is 2.13. The molecule has 0 aliphatic carbocycles. The largest absolute Gasteiger partial charge is 0.316 e. The lowest BCUT2D eigenvalue weighted by Crippen LogP contribution is -2.07. The molecule has 0 atom stereocenters. The van der Waals surface area contributed by atoms with Crippen molar-refractivity contribution >= 4 is 21.6 Å². The van der Waals surface area contributed by atoms with Gasteiger partial charge in [-0.3, -0.25) is 0 Å². The van der Waals surface area contributed by atoms with E-state index in [1.807, 2.05) is 36.9 Å². The molecule has 19 heavy (non-hydrogen) atoms. The summed E-state index contributed by atoms with van der Waals surface area (Å²) >= 11 is 1.67. The van der Waals surface area contributed by atoms with Crippen LogP contribution in [0, 0.1) is 13.8 Å². The van der Waals surface area contributed by atoms with Crippen LogP contribution in [0.2, 0.25) is 0 Å². The van der Waals surface area contributed by atoms with Gasteiger partial charge in [0.1, 0.15) is 0 Å². The summed E-state index contributed by atoms with van der Waals surface area (Å²) in [5.41, 5.74) is 4.50. The molecule has 0 fully saturated rings. The van der Waals surface area contributed by atoms with E-state index in [2.05, 4.69) is 28.4 Å². The molecule has 2 heterocycles. The van der Waals surface area contributed by atoms with Crippen molar-refractivity contribution in [2.45, 2.75) is 20.4 Å². The summed E-state index contributed by atoms with van der Waals surface area (Å²) in [6.45, 7) is 4.98. The van der Waals surface area contributed by atoms with Crippen LogP contribution in [0.3, 0.4) is 0 Å². The van der Waals surface area contributed by atoms with Crippen molar-refractivity contribution in [2.24, 2.45) is 0 Å². The molecule has 0 saturated carbocycles. The van der Waals surface area contributed by atoms with Crippen molar-refractivity contribution in [2.75, 3.05) is 7.05 Å². The van der Waals surface area contributed by atoms with Crippen LogP contribution >= 0.6 is 11.3 Å². The van der Waals surface area contributed by atoms with Crippen LogP contribution < -0.4 is 5.32 Å². The zero-order valence-corrected chi connectivity index (χ0v) is 12.1. The van der Waals surface area contributed by atoms with Crippen LogP contribution in [0.25, 0.3) is 15.3 Å². The third-order valence-corrected chi connectivity index (χ3v) is 4.27. The molecule has 0 bridgehead atoms. The Kier molecular flexibility index (Phi) is 3.08. The second kappa shape index (κ2) is 4.75. The van der Waals surface area contributed by atoms with E-state index >= 15 is 0 Å². The summed E-state index contributed by atoms with van der Waals surface area (Å²) in [6, 6.07) is 8.18. The summed E-state index contributed by atoms with van der Waals surface area (Å²) in [5, 5.41) is 8.74. The first-order valence-corrected chi connectivity index (χ1v) is 7.08. The fourth-order valence-electron chi connectivity index (χ4n) is 2.24. The average Bonchev–Trinajstić information content (AvgIpc) is 2.94. The lowest BCUT2D eigenvalue weighted by atomic mass is 10.2. The van der Waals surface area contributed by atoms with Gasteiger partial charge in [-0.2, -0.15) is 5.10 Å². The van der Waals surface area contributed by atoms with Crippen LogP contribution in [-0.4, -0.2) is 21.8 Å². The van der Waals surface area contributed by atoms with Crippen molar-refractivity contribution in [3.8, 4) is 5.13 Å². The SMILES string of the molecule is CNCc1c(C)nn(-c2nc3ccccc3s2)c1C. The topological polar surface area (TPSA) is 42.7 Å². The number of nitrogens with one attached hydrogen (secondary N) is 1. The van der Waals surface area contributed by atoms with Gasteiger partial charge in [-0.15, -0.1) is 0 Å². The summed E-state index contributed by atoms with van der Waals surface area (Å²) in [5.74, 6) is 0. The molecule has 1 N–H and O–H groups in total. The number of thiazole rings is 1. The molecule has 0 aliphatic heterocycles. The molecule has 0 aliphatic rings. The van der Waals surface area contributed by atoms with E-state index in [1.165, 1.54) is 10.3 Å². The molecule has 0 unspecified atom stereocenters. The number of hydrogen-bond donors (Lipinski definition) is 1. The normalized spacial score (nSPS) is 11.3. The number of aromatic nitrogens is 3. The van der Waals surface area contributed by atoms with Gasteiger partial charge >= 0.3 is 0 Å². The second-order valence-corrected chi connectivity index (χ2v) is 5.56. The van der Waals surface area contributed by atoms with E-state index in [0.717, 1.165) is 28.6 Å². The first-order valence-electron chi connectivity index (χ1n) is 6.26. The third-order valence-electron chi connectivity index (χ3n) is 3.26. The second-order valence-electron chi connectivity index (χ2n) is 4.56. The van der Waals surface area contributed by atoms with E-state index < -0.39 is 0 Å². The fourth-order valence-corrected chi connectivity index (χ4v) is 3.21. The van der Waals surface area contributed by atoms with Gasteiger partial charge in [0.15, 0.2) is 0 Å². The van der Waals surface area contributed by atoms with E-state index in [0.29, 0.717) is 0 Å². The molecule has 98 valence electrons. The first kappa shape index (κ1) is 12.3. The number of hydrogen-bond acceptors (Lipinski definition) is 4. The van der Waals surface area contributed by atoms with Crippen molar-refractivity contribution in [1.82, 2.24) is 20.1 Å². The maximum atomic E-state index is 4.66. The maximum absolute atomic E-state index is 4.66. The summed E-state index contributed by atoms with van der Waals surface area (Å²) in [4.78, 5) is 4.66. The van der Waals surface area contributed by atoms with E-state index in [1.54, 1.807) is 11.3 Å². The summed E-state index contributed by atoms with van der Waals surface area (Å²) in [7, 11) is 1.95. The molecule has 0 radical (unpaired) electrons. The van der Waals surface area contributed by atoms with Gasteiger partial charge in [0.25, 0.3) is 0 Å². The van der Waals surface area contributed by atoms with Gasteiger partial charge in [0, 0.05) is 17.8 Å². The standard InChI is InChI=1S/C14H16N4S/c1-9-11(8-15-3)10(2)18(17-9)14-16-12-6-4-5-7-13(12)19-14/h4-7,15H,8H2,1-3H3. The highest BCUT2D eigenvalue weighted by Gasteiger charge is 2.14. The zero-order valence-electron chi connectivity index (χ0n) is 11.3. The highest BCUT2D eigenvalue weighted by Crippen LogP contribution is 2.26. The molecule has 2 aromatic heterocycles. The van der Waals surface area contributed by atoms with Crippen molar-refractivity contribution in [3.63, 3.8) is 0 Å². The van der Waals surface area contributed by atoms with Crippen LogP contribution in [0.15, 0.2) is 24.3 Å². The number of para-hydroxylation sites is 1. The van der Waals surface area contributed by atoms with Crippen molar-refractivity contribution < 1.29 is 0 Å². The van der Waals surface area contributed by atoms with Gasteiger partial charge in [0.2, 0.25) is 5.13 Å². The minimum atomic E-state index is 0.836. The Morgan fingerprint density at radius 1 is 1.26 bits per heavy atom. The number of benzene rings is 1. The Morgan fingerprint density at radius 3 is 2.79 bits per heavy atom. The molecule has 1 aromatic carbocycles. The Hall–Kier alpha value is -1.72. The predicted octanol–water partition coefficient (Wildman–Crippen LogP) is 2.82. The molecule has 5 heteroatoms.